The van der Waals surface area contributed by atoms with Gasteiger partial charge in [-0.25, -0.2) is 0 Å². The smallest absolute Gasteiger partial charge is 0.259 e. The summed E-state index contributed by atoms with van der Waals surface area (Å²) in [5.41, 5.74) is -0.137. The number of nitriles is 1. The first-order valence-electron chi connectivity index (χ1n) is 7.18. The van der Waals surface area contributed by atoms with E-state index in [2.05, 4.69) is 11.4 Å². The first kappa shape index (κ1) is 18.6. The molecule has 0 bridgehead atoms. The lowest BCUT2D eigenvalue weighted by atomic mass is 9.92. The summed E-state index contributed by atoms with van der Waals surface area (Å²) >= 11 is 12.1. The van der Waals surface area contributed by atoms with Gasteiger partial charge in [0.05, 0.1) is 11.1 Å². The van der Waals surface area contributed by atoms with Gasteiger partial charge >= 0.3 is 0 Å². The number of carbonyl (C=O) groups excluding carboxylic acids is 1. The Kier molecular flexibility index (Phi) is 6.99. The van der Waals surface area contributed by atoms with E-state index in [4.69, 9.17) is 27.9 Å². The zero-order valence-electron chi connectivity index (χ0n) is 13.0. The minimum atomic E-state index is -0.838. The maximum absolute atomic E-state index is 12.0. The highest BCUT2D eigenvalue weighted by Gasteiger charge is 2.29. The second-order valence-electron chi connectivity index (χ2n) is 5.12. The lowest BCUT2D eigenvalue weighted by Crippen LogP contribution is -2.48. The molecule has 0 heterocycles. The van der Waals surface area contributed by atoms with Gasteiger partial charge in [-0.2, -0.15) is 5.26 Å². The van der Waals surface area contributed by atoms with Crippen LogP contribution in [0.4, 0.5) is 0 Å². The van der Waals surface area contributed by atoms with E-state index in [1.807, 2.05) is 13.8 Å². The SMILES string of the molecule is CCCC(C#N)(CC)NC(=O)COc1ccc(Cl)c(C)c1Cl. The third-order valence-electron chi connectivity index (χ3n) is 3.52. The Morgan fingerprint density at radius 2 is 2.09 bits per heavy atom. The highest BCUT2D eigenvalue weighted by Crippen LogP contribution is 2.32. The first-order chi connectivity index (χ1) is 10.4. The van der Waals surface area contributed by atoms with E-state index in [0.29, 0.717) is 34.2 Å². The molecule has 0 fully saturated rings. The molecular formula is C16H20Cl2N2O2. The van der Waals surface area contributed by atoms with Gasteiger partial charge in [0.1, 0.15) is 11.3 Å². The van der Waals surface area contributed by atoms with E-state index in [0.717, 1.165) is 6.42 Å². The number of halogens is 2. The molecule has 1 unspecified atom stereocenters. The molecule has 0 spiro atoms. The standard InChI is InChI=1S/C16H20Cl2N2O2/c1-4-8-16(5-2,10-19)20-14(21)9-22-13-7-6-12(17)11(3)15(13)18/h6-7H,4-5,8-9H2,1-3H3,(H,20,21). The molecule has 0 radical (unpaired) electrons. The van der Waals surface area contributed by atoms with E-state index in [-0.39, 0.29) is 12.5 Å². The van der Waals surface area contributed by atoms with Gasteiger partial charge in [-0.05, 0) is 37.5 Å². The lowest BCUT2D eigenvalue weighted by Gasteiger charge is -2.26. The molecule has 4 nitrogen and oxygen atoms in total. The molecule has 6 heteroatoms. The van der Waals surface area contributed by atoms with Gasteiger partial charge in [0.25, 0.3) is 5.91 Å². The number of nitrogens with zero attached hydrogens (tertiary/aromatic N) is 1. The summed E-state index contributed by atoms with van der Waals surface area (Å²) in [4.78, 5) is 12.0. The quantitative estimate of drug-likeness (QED) is 0.804. The average Bonchev–Trinajstić information content (AvgIpc) is 2.51. The molecule has 0 aromatic heterocycles. The van der Waals surface area contributed by atoms with Gasteiger partial charge in [-0.15, -0.1) is 0 Å². The predicted octanol–water partition coefficient (Wildman–Crippen LogP) is 4.27. The number of benzene rings is 1. The summed E-state index contributed by atoms with van der Waals surface area (Å²) in [6, 6.07) is 5.48. The van der Waals surface area contributed by atoms with Crippen LogP contribution in [0.2, 0.25) is 10.0 Å². The number of nitrogens with one attached hydrogen (secondary N) is 1. The Morgan fingerprint density at radius 3 is 2.64 bits per heavy atom. The zero-order chi connectivity index (χ0) is 16.8. The lowest BCUT2D eigenvalue weighted by molar-refractivity contribution is -0.124. The van der Waals surface area contributed by atoms with Crippen molar-refractivity contribution in [2.24, 2.45) is 0 Å². The minimum Gasteiger partial charge on any atom is -0.482 e. The van der Waals surface area contributed by atoms with E-state index < -0.39 is 5.54 Å². The van der Waals surface area contributed by atoms with Crippen LogP contribution in [0.25, 0.3) is 0 Å². The molecule has 1 aromatic rings. The number of hydrogen-bond acceptors (Lipinski definition) is 3. The Morgan fingerprint density at radius 1 is 1.41 bits per heavy atom. The Hall–Kier alpha value is -1.44. The molecule has 1 amide bonds. The predicted molar refractivity (Wildman–Crippen MR) is 88.4 cm³/mol. The maximum atomic E-state index is 12.0. The fourth-order valence-corrected chi connectivity index (χ4v) is 2.54. The van der Waals surface area contributed by atoms with Crippen molar-refractivity contribution in [3.8, 4) is 11.8 Å². The average molecular weight is 343 g/mol. The van der Waals surface area contributed by atoms with Gasteiger partial charge in [-0.3, -0.25) is 4.79 Å². The highest BCUT2D eigenvalue weighted by atomic mass is 35.5. The van der Waals surface area contributed by atoms with E-state index >= 15 is 0 Å². The van der Waals surface area contributed by atoms with Crippen LogP contribution in [0.5, 0.6) is 5.75 Å². The van der Waals surface area contributed by atoms with Crippen molar-refractivity contribution in [1.82, 2.24) is 5.32 Å². The normalized spacial score (nSPS) is 13.1. The van der Waals surface area contributed by atoms with Crippen molar-refractivity contribution in [2.75, 3.05) is 6.61 Å². The van der Waals surface area contributed by atoms with Crippen LogP contribution in [0, 0.1) is 18.3 Å². The summed E-state index contributed by atoms with van der Waals surface area (Å²) in [6.45, 7) is 5.42. The van der Waals surface area contributed by atoms with Crippen molar-refractivity contribution in [3.63, 3.8) is 0 Å². The van der Waals surface area contributed by atoms with E-state index in [9.17, 15) is 10.1 Å². The van der Waals surface area contributed by atoms with Gasteiger partial charge in [0, 0.05) is 5.02 Å². The van der Waals surface area contributed by atoms with Crippen molar-refractivity contribution in [2.45, 2.75) is 45.6 Å². The summed E-state index contributed by atoms with van der Waals surface area (Å²) in [6.07, 6.45) is 1.96. The van der Waals surface area contributed by atoms with Gasteiger partial charge in [0.15, 0.2) is 6.61 Å². The number of ether oxygens (including phenoxy) is 1. The number of carbonyl (C=O) groups is 1. The Labute approximate surface area is 141 Å². The fourth-order valence-electron chi connectivity index (χ4n) is 2.11. The van der Waals surface area contributed by atoms with Crippen molar-refractivity contribution >= 4 is 29.1 Å². The molecule has 0 aliphatic carbocycles. The highest BCUT2D eigenvalue weighted by molar-refractivity contribution is 6.36. The van der Waals surface area contributed by atoms with E-state index in [1.54, 1.807) is 19.1 Å². The summed E-state index contributed by atoms with van der Waals surface area (Å²) < 4.78 is 5.44. The molecule has 0 saturated heterocycles. The summed E-state index contributed by atoms with van der Waals surface area (Å²) in [7, 11) is 0. The van der Waals surface area contributed by atoms with Crippen molar-refractivity contribution in [1.29, 1.82) is 5.26 Å². The van der Waals surface area contributed by atoms with E-state index in [1.165, 1.54) is 0 Å². The third-order valence-corrected chi connectivity index (χ3v) is 4.40. The Balaban J connectivity index is 2.71. The molecule has 22 heavy (non-hydrogen) atoms. The van der Waals surface area contributed by atoms with Gasteiger partial charge < -0.3 is 10.1 Å². The van der Waals surface area contributed by atoms with Crippen molar-refractivity contribution in [3.05, 3.63) is 27.7 Å². The van der Waals surface area contributed by atoms with Crippen LogP contribution in [0.1, 0.15) is 38.7 Å². The number of hydrogen-bond donors (Lipinski definition) is 1. The molecule has 0 aliphatic rings. The molecule has 1 rings (SSSR count). The van der Waals surface area contributed by atoms with Crippen LogP contribution in [-0.4, -0.2) is 18.1 Å². The molecule has 1 aromatic carbocycles. The number of rotatable bonds is 7. The van der Waals surface area contributed by atoms with Crippen LogP contribution < -0.4 is 10.1 Å². The fraction of sp³-hybridized carbons (Fsp3) is 0.500. The Bertz CT molecular complexity index is 584. The topological polar surface area (TPSA) is 62.1 Å². The second kappa shape index (κ2) is 8.26. The zero-order valence-corrected chi connectivity index (χ0v) is 14.5. The van der Waals surface area contributed by atoms with Crippen molar-refractivity contribution < 1.29 is 9.53 Å². The van der Waals surface area contributed by atoms with Crippen LogP contribution in [0.15, 0.2) is 12.1 Å². The van der Waals surface area contributed by atoms with Gasteiger partial charge in [0.2, 0.25) is 0 Å². The largest absolute Gasteiger partial charge is 0.482 e. The third kappa shape index (κ3) is 4.53. The molecule has 120 valence electrons. The molecule has 1 atom stereocenters. The molecule has 0 aliphatic heterocycles. The van der Waals surface area contributed by atoms with Crippen LogP contribution >= 0.6 is 23.2 Å². The van der Waals surface area contributed by atoms with Gasteiger partial charge in [-0.1, -0.05) is 43.5 Å². The number of amides is 1. The minimum absolute atomic E-state index is 0.200. The first-order valence-corrected chi connectivity index (χ1v) is 7.94. The summed E-state index contributed by atoms with van der Waals surface area (Å²) in [5.74, 6) is 0.0498. The molecular weight excluding hydrogens is 323 g/mol. The second-order valence-corrected chi connectivity index (χ2v) is 5.90. The molecule has 0 saturated carbocycles. The molecule has 1 N–H and O–H groups in total. The van der Waals surface area contributed by atoms with Crippen LogP contribution in [0.3, 0.4) is 0 Å². The monoisotopic (exact) mass is 342 g/mol. The van der Waals surface area contributed by atoms with Crippen LogP contribution in [-0.2, 0) is 4.79 Å². The summed E-state index contributed by atoms with van der Waals surface area (Å²) in [5, 5.41) is 13.0. The maximum Gasteiger partial charge on any atom is 0.259 e.